The van der Waals surface area contributed by atoms with Crippen LogP contribution in [0.4, 0.5) is 4.39 Å². The highest BCUT2D eigenvalue weighted by Gasteiger charge is 2.39. The molecule has 0 radical (unpaired) electrons. The molecule has 3 aromatic heterocycles. The second kappa shape index (κ2) is 15.6. The van der Waals surface area contributed by atoms with E-state index in [0.717, 1.165) is 20.7 Å². The van der Waals surface area contributed by atoms with E-state index in [1.807, 2.05) is 42.5 Å². The van der Waals surface area contributed by atoms with Gasteiger partial charge in [-0.1, -0.05) is 45.0 Å². The number of nitrogens with zero attached hydrogens (tertiary/aromatic N) is 3. The normalized spacial score (nSPS) is 12.4. The monoisotopic (exact) mass is 815 g/mol. The Kier molecular flexibility index (Phi) is 11.2. The number of carboxylic acid groups (broad SMARTS) is 1. The molecule has 0 bridgehead atoms. The summed E-state index contributed by atoms with van der Waals surface area (Å²) in [5, 5.41) is 11.1. The minimum atomic E-state index is -2.24. The molecule has 0 saturated heterocycles. The van der Waals surface area contributed by atoms with Crippen LogP contribution < -0.4 is 18.6 Å². The maximum Gasteiger partial charge on any atom is 0.345 e. The van der Waals surface area contributed by atoms with Gasteiger partial charge in [0.1, 0.15) is 29.7 Å². The topological polar surface area (TPSA) is 113 Å². The van der Waals surface area contributed by atoms with Crippen LogP contribution in [-0.4, -0.2) is 47.6 Å². The number of hydrogen-bond donors (Lipinski definition) is 1. The molecule has 1 N–H and O–H groups in total. The maximum atomic E-state index is 13.7. The number of methoxy groups -OCH3 is 1. The van der Waals surface area contributed by atoms with E-state index in [4.69, 9.17) is 23.6 Å². The van der Waals surface area contributed by atoms with Crippen molar-refractivity contribution < 1.29 is 32.9 Å². The molecule has 9 nitrogen and oxygen atoms in total. The Labute approximate surface area is 321 Å². The number of fused-ring (bicyclic) bond motifs is 1. The third kappa shape index (κ3) is 8.53. The highest BCUT2D eigenvalue weighted by atomic mass is 79.9. The quantitative estimate of drug-likeness (QED) is 0.114. The summed E-state index contributed by atoms with van der Waals surface area (Å²) in [4.78, 5) is 27.3. The summed E-state index contributed by atoms with van der Waals surface area (Å²) in [6.07, 6.45) is 1.85. The number of pyridine rings is 1. The van der Waals surface area contributed by atoms with Crippen molar-refractivity contribution in [1.29, 1.82) is 0 Å². The fourth-order valence-electron chi connectivity index (χ4n) is 5.33. The van der Waals surface area contributed by atoms with Crippen molar-refractivity contribution in [3.63, 3.8) is 0 Å². The van der Waals surface area contributed by atoms with Gasteiger partial charge in [0.15, 0.2) is 5.82 Å². The van der Waals surface area contributed by atoms with Crippen LogP contribution in [0.2, 0.25) is 18.1 Å². The number of carboxylic acids is 1. The average Bonchev–Trinajstić information content (AvgIpc) is 3.47. The van der Waals surface area contributed by atoms with Crippen molar-refractivity contribution in [3.8, 4) is 45.0 Å². The second-order valence-electron chi connectivity index (χ2n) is 13.9. The number of thiophene rings is 1. The standard InChI is InChI=1S/C40H39BrFN3O6SSi/c1-40(2,3)53(5,6)51-28-15-16-30(49-23-27-17-19-43-37(45-27)29-9-7-8-10-31(29)48-4)25(21-28)22-32(39(46)47)50-38-34-33(18-20-44-38)52-36(35(34)41)24-11-13-26(42)14-12-24/h7-21,32H,22-23H2,1-6H3,(H,46,47). The lowest BCUT2D eigenvalue weighted by atomic mass is 10.1. The summed E-state index contributed by atoms with van der Waals surface area (Å²) in [5.74, 6) is 0.869. The molecular weight excluding hydrogens is 778 g/mol. The number of aromatic nitrogens is 3. The lowest BCUT2D eigenvalue weighted by molar-refractivity contribution is -0.145. The number of benzene rings is 3. The molecule has 1 atom stereocenters. The van der Waals surface area contributed by atoms with E-state index in [-0.39, 0.29) is 29.8 Å². The van der Waals surface area contributed by atoms with Crippen LogP contribution in [0.5, 0.6) is 23.1 Å². The molecule has 3 aromatic carbocycles. The number of para-hydroxylation sites is 1. The van der Waals surface area contributed by atoms with Crippen LogP contribution in [0, 0.1) is 5.82 Å². The van der Waals surface area contributed by atoms with Crippen LogP contribution >= 0.6 is 27.3 Å². The fourth-order valence-corrected chi connectivity index (χ4v) is 8.42. The smallest absolute Gasteiger partial charge is 0.345 e. The van der Waals surface area contributed by atoms with Gasteiger partial charge in [-0.3, -0.25) is 0 Å². The first-order valence-corrected chi connectivity index (χ1v) is 21.4. The lowest BCUT2D eigenvalue weighted by Crippen LogP contribution is -2.43. The van der Waals surface area contributed by atoms with Gasteiger partial charge in [0, 0.05) is 38.4 Å². The molecule has 274 valence electrons. The summed E-state index contributed by atoms with van der Waals surface area (Å²) in [7, 11) is -0.645. The molecule has 0 aliphatic heterocycles. The van der Waals surface area contributed by atoms with E-state index in [1.165, 1.54) is 23.5 Å². The molecule has 0 fully saturated rings. The molecular formula is C40H39BrFN3O6SSi. The van der Waals surface area contributed by atoms with Gasteiger partial charge in [0.05, 0.1) is 23.8 Å². The lowest BCUT2D eigenvalue weighted by Gasteiger charge is -2.36. The van der Waals surface area contributed by atoms with Gasteiger partial charge >= 0.3 is 5.97 Å². The van der Waals surface area contributed by atoms with Gasteiger partial charge in [0.25, 0.3) is 0 Å². The summed E-state index contributed by atoms with van der Waals surface area (Å²) in [6, 6.07) is 22.8. The van der Waals surface area contributed by atoms with Crippen molar-refractivity contribution in [1.82, 2.24) is 15.0 Å². The van der Waals surface area contributed by atoms with Gasteiger partial charge in [-0.15, -0.1) is 11.3 Å². The Morgan fingerprint density at radius 1 is 0.981 bits per heavy atom. The number of aliphatic carboxylic acids is 1. The fraction of sp³-hybridized carbons (Fsp3) is 0.250. The average molecular weight is 817 g/mol. The van der Waals surface area contributed by atoms with Crippen molar-refractivity contribution in [2.24, 2.45) is 0 Å². The zero-order chi connectivity index (χ0) is 37.9. The Bertz CT molecular complexity index is 2260. The molecule has 6 rings (SSSR count). The number of rotatable bonds is 13. The summed E-state index contributed by atoms with van der Waals surface area (Å²) in [5.41, 5.74) is 2.75. The molecule has 0 saturated carbocycles. The molecule has 0 spiro atoms. The number of ether oxygens (including phenoxy) is 3. The van der Waals surface area contributed by atoms with E-state index < -0.39 is 20.4 Å². The van der Waals surface area contributed by atoms with Gasteiger partial charge in [-0.25, -0.2) is 24.1 Å². The first-order chi connectivity index (χ1) is 25.2. The SMILES string of the molecule is COc1ccccc1-c1nccc(COc2ccc(O[Si](C)(C)C(C)(C)C)cc2CC(Oc2nccc3sc(-c4ccc(F)cc4)c(Br)c23)C(=O)O)n1. The van der Waals surface area contributed by atoms with Crippen molar-refractivity contribution >= 4 is 51.6 Å². The molecule has 53 heavy (non-hydrogen) atoms. The molecule has 0 amide bonds. The molecule has 6 aromatic rings. The van der Waals surface area contributed by atoms with Crippen molar-refractivity contribution in [2.75, 3.05) is 7.11 Å². The Morgan fingerprint density at radius 3 is 2.43 bits per heavy atom. The predicted molar refractivity (Wildman–Crippen MR) is 211 cm³/mol. The van der Waals surface area contributed by atoms with Crippen molar-refractivity contribution in [2.45, 2.75) is 58.0 Å². The zero-order valence-electron chi connectivity index (χ0n) is 30.1. The van der Waals surface area contributed by atoms with E-state index in [0.29, 0.717) is 44.2 Å². The Morgan fingerprint density at radius 2 is 1.72 bits per heavy atom. The number of hydrogen-bond acceptors (Lipinski definition) is 9. The molecule has 0 aliphatic rings. The van der Waals surface area contributed by atoms with Crippen LogP contribution in [-0.2, 0) is 17.8 Å². The van der Waals surface area contributed by atoms with Gasteiger partial charge < -0.3 is 23.7 Å². The van der Waals surface area contributed by atoms with Crippen molar-refractivity contribution in [3.05, 3.63) is 113 Å². The third-order valence-corrected chi connectivity index (χ3v) is 15.8. The second-order valence-corrected chi connectivity index (χ2v) is 20.5. The van der Waals surface area contributed by atoms with Gasteiger partial charge in [-0.05, 0) is 94.2 Å². The van der Waals surface area contributed by atoms with Gasteiger partial charge in [0.2, 0.25) is 20.3 Å². The highest BCUT2D eigenvalue weighted by Crippen LogP contribution is 2.45. The number of halogens is 2. The predicted octanol–water partition coefficient (Wildman–Crippen LogP) is 10.4. The molecule has 3 heterocycles. The summed E-state index contributed by atoms with van der Waals surface area (Å²) in [6.45, 7) is 10.9. The third-order valence-electron chi connectivity index (χ3n) is 9.20. The summed E-state index contributed by atoms with van der Waals surface area (Å²) >= 11 is 5.15. The molecule has 0 aliphatic carbocycles. The summed E-state index contributed by atoms with van der Waals surface area (Å²) < 4.78 is 39.9. The molecule has 1 unspecified atom stereocenters. The number of carbonyl (C=O) groups is 1. The largest absolute Gasteiger partial charge is 0.543 e. The Hall–Kier alpha value is -4.85. The van der Waals surface area contributed by atoms with E-state index >= 15 is 0 Å². The Balaban J connectivity index is 1.32. The molecule has 13 heteroatoms. The van der Waals surface area contributed by atoms with Crippen LogP contribution in [0.15, 0.2) is 95.7 Å². The van der Waals surface area contributed by atoms with Gasteiger partial charge in [-0.2, -0.15) is 0 Å². The van der Waals surface area contributed by atoms with Crippen LogP contribution in [0.1, 0.15) is 32.0 Å². The maximum absolute atomic E-state index is 13.7. The van der Waals surface area contributed by atoms with E-state index in [9.17, 15) is 14.3 Å². The highest BCUT2D eigenvalue weighted by molar-refractivity contribution is 9.10. The van der Waals surface area contributed by atoms with E-state index in [2.05, 4.69) is 59.8 Å². The first-order valence-electron chi connectivity index (χ1n) is 16.9. The van der Waals surface area contributed by atoms with Crippen LogP contribution in [0.3, 0.4) is 0 Å². The van der Waals surface area contributed by atoms with E-state index in [1.54, 1.807) is 43.8 Å². The minimum absolute atomic E-state index is 0.0553. The first kappa shape index (κ1) is 37.9. The zero-order valence-corrected chi connectivity index (χ0v) is 33.5. The van der Waals surface area contributed by atoms with Crippen LogP contribution in [0.25, 0.3) is 31.9 Å². The minimum Gasteiger partial charge on any atom is -0.543 e.